The molecule has 1 aromatic carbocycles. The number of para-hydroxylation sites is 1. The number of carbonyl (C=O) groups is 1. The van der Waals surface area contributed by atoms with E-state index in [0.717, 1.165) is 35.1 Å². The maximum atomic E-state index is 13.1. The first-order valence-corrected chi connectivity index (χ1v) is 8.40. The first kappa shape index (κ1) is 14.9. The second-order valence-corrected chi connectivity index (χ2v) is 6.47. The van der Waals surface area contributed by atoms with Crippen LogP contribution in [0.4, 0.5) is 0 Å². The van der Waals surface area contributed by atoms with Gasteiger partial charge in [-0.2, -0.15) is 0 Å². The van der Waals surface area contributed by atoms with E-state index in [1.165, 1.54) is 0 Å². The lowest BCUT2D eigenvalue weighted by Gasteiger charge is -2.25. The fourth-order valence-corrected chi connectivity index (χ4v) is 3.05. The van der Waals surface area contributed by atoms with Crippen LogP contribution in [0.5, 0.6) is 0 Å². The highest BCUT2D eigenvalue weighted by Gasteiger charge is 2.35. The van der Waals surface area contributed by atoms with Crippen molar-refractivity contribution in [2.75, 3.05) is 0 Å². The standard InChI is InChI=1S/C20H20N2O2/c1-14(19-11-16-6-2-3-7-18(16)24-19)20(23)22(17-8-9-17)13-15-5-4-10-21-12-15/h2-7,10-12,14,17H,8-9,13H2,1H3/t14-/m1/s1. The number of pyridine rings is 1. The Balaban J connectivity index is 1.57. The molecule has 3 aromatic rings. The lowest BCUT2D eigenvalue weighted by molar-refractivity contribution is -0.134. The number of nitrogens with zero attached hydrogens (tertiary/aromatic N) is 2. The summed E-state index contributed by atoms with van der Waals surface area (Å²) in [5, 5.41) is 1.04. The first-order valence-electron chi connectivity index (χ1n) is 8.40. The summed E-state index contributed by atoms with van der Waals surface area (Å²) >= 11 is 0. The monoisotopic (exact) mass is 320 g/mol. The number of amides is 1. The highest BCUT2D eigenvalue weighted by molar-refractivity contribution is 5.86. The van der Waals surface area contributed by atoms with Gasteiger partial charge in [-0.15, -0.1) is 0 Å². The Labute approximate surface area is 141 Å². The van der Waals surface area contributed by atoms with Gasteiger partial charge in [-0.1, -0.05) is 24.3 Å². The zero-order chi connectivity index (χ0) is 16.5. The van der Waals surface area contributed by atoms with Crippen LogP contribution in [0.2, 0.25) is 0 Å². The number of hydrogen-bond acceptors (Lipinski definition) is 3. The fraction of sp³-hybridized carbons (Fsp3) is 0.300. The van der Waals surface area contributed by atoms with Crippen molar-refractivity contribution < 1.29 is 9.21 Å². The van der Waals surface area contributed by atoms with Gasteiger partial charge in [0, 0.05) is 30.4 Å². The average Bonchev–Trinajstić information content (AvgIpc) is 3.37. The van der Waals surface area contributed by atoms with E-state index < -0.39 is 0 Å². The summed E-state index contributed by atoms with van der Waals surface area (Å²) in [7, 11) is 0. The Bertz CT molecular complexity index is 819. The Morgan fingerprint density at radius 2 is 2.12 bits per heavy atom. The lowest BCUT2D eigenvalue weighted by atomic mass is 10.1. The summed E-state index contributed by atoms with van der Waals surface area (Å²) in [5.74, 6) is 0.577. The minimum atomic E-state index is -0.283. The first-order chi connectivity index (χ1) is 11.7. The molecule has 1 aliphatic carbocycles. The molecule has 24 heavy (non-hydrogen) atoms. The molecule has 0 spiro atoms. The molecule has 4 heteroatoms. The number of furan rings is 1. The molecular formula is C20H20N2O2. The Morgan fingerprint density at radius 3 is 2.83 bits per heavy atom. The zero-order valence-electron chi connectivity index (χ0n) is 13.7. The van der Waals surface area contributed by atoms with E-state index in [4.69, 9.17) is 4.42 Å². The molecule has 4 rings (SSSR count). The summed E-state index contributed by atoms with van der Waals surface area (Å²) in [6.45, 7) is 2.54. The van der Waals surface area contributed by atoms with Crippen molar-refractivity contribution in [2.24, 2.45) is 0 Å². The van der Waals surface area contributed by atoms with Gasteiger partial charge >= 0.3 is 0 Å². The molecule has 1 saturated carbocycles. The molecule has 0 saturated heterocycles. The number of rotatable bonds is 5. The maximum absolute atomic E-state index is 13.1. The Hall–Kier alpha value is -2.62. The zero-order valence-corrected chi connectivity index (χ0v) is 13.7. The predicted octanol–water partition coefficient (Wildman–Crippen LogP) is 4.12. The average molecular weight is 320 g/mol. The normalized spacial score (nSPS) is 15.4. The van der Waals surface area contributed by atoms with Crippen LogP contribution in [0, 0.1) is 0 Å². The molecule has 1 aliphatic rings. The number of hydrogen-bond donors (Lipinski definition) is 0. The summed E-state index contributed by atoms with van der Waals surface area (Å²) in [6.07, 6.45) is 5.75. The summed E-state index contributed by atoms with van der Waals surface area (Å²) < 4.78 is 5.89. The van der Waals surface area contributed by atoms with E-state index in [9.17, 15) is 4.79 Å². The van der Waals surface area contributed by atoms with Crippen LogP contribution in [0.3, 0.4) is 0 Å². The summed E-state index contributed by atoms with van der Waals surface area (Å²) in [4.78, 5) is 19.2. The second kappa shape index (κ2) is 6.11. The molecule has 1 amide bonds. The molecular weight excluding hydrogens is 300 g/mol. The van der Waals surface area contributed by atoms with Crippen LogP contribution >= 0.6 is 0 Å². The number of carbonyl (C=O) groups excluding carboxylic acids is 1. The second-order valence-electron chi connectivity index (χ2n) is 6.47. The maximum Gasteiger partial charge on any atom is 0.233 e. The van der Waals surface area contributed by atoms with Crippen LogP contribution < -0.4 is 0 Å². The minimum Gasteiger partial charge on any atom is -0.460 e. The smallest absolute Gasteiger partial charge is 0.233 e. The van der Waals surface area contributed by atoms with Crippen LogP contribution in [0.25, 0.3) is 11.0 Å². The lowest BCUT2D eigenvalue weighted by Crippen LogP contribution is -2.35. The number of aromatic nitrogens is 1. The van der Waals surface area contributed by atoms with Gasteiger partial charge in [-0.05, 0) is 43.5 Å². The van der Waals surface area contributed by atoms with E-state index in [1.807, 2.05) is 60.5 Å². The molecule has 0 radical (unpaired) electrons. The molecule has 122 valence electrons. The van der Waals surface area contributed by atoms with Gasteiger partial charge < -0.3 is 9.32 Å². The van der Waals surface area contributed by atoms with Gasteiger partial charge in [0.15, 0.2) is 0 Å². The van der Waals surface area contributed by atoms with Gasteiger partial charge in [-0.25, -0.2) is 0 Å². The molecule has 0 aliphatic heterocycles. The van der Waals surface area contributed by atoms with Crippen LogP contribution in [-0.4, -0.2) is 21.8 Å². The molecule has 0 N–H and O–H groups in total. The summed E-state index contributed by atoms with van der Waals surface area (Å²) in [5.41, 5.74) is 1.90. The highest BCUT2D eigenvalue weighted by Crippen LogP contribution is 2.33. The van der Waals surface area contributed by atoms with Crippen molar-refractivity contribution in [1.29, 1.82) is 0 Å². The third-order valence-corrected chi connectivity index (χ3v) is 4.59. The molecule has 1 atom stereocenters. The van der Waals surface area contributed by atoms with Crippen molar-refractivity contribution in [2.45, 2.75) is 38.3 Å². The third kappa shape index (κ3) is 2.92. The van der Waals surface area contributed by atoms with Gasteiger partial charge in [-0.3, -0.25) is 9.78 Å². The van der Waals surface area contributed by atoms with Gasteiger partial charge in [0.2, 0.25) is 5.91 Å². The van der Waals surface area contributed by atoms with Crippen molar-refractivity contribution in [3.63, 3.8) is 0 Å². The van der Waals surface area contributed by atoms with E-state index >= 15 is 0 Å². The van der Waals surface area contributed by atoms with E-state index in [-0.39, 0.29) is 11.8 Å². The van der Waals surface area contributed by atoms with Crippen LogP contribution in [0.1, 0.15) is 37.0 Å². The van der Waals surface area contributed by atoms with Crippen LogP contribution in [0.15, 0.2) is 59.3 Å². The van der Waals surface area contributed by atoms with Crippen LogP contribution in [-0.2, 0) is 11.3 Å². The van der Waals surface area contributed by atoms with Crippen molar-refractivity contribution in [1.82, 2.24) is 9.88 Å². The fourth-order valence-electron chi connectivity index (χ4n) is 3.05. The van der Waals surface area contributed by atoms with E-state index in [2.05, 4.69) is 4.98 Å². The molecule has 0 unspecified atom stereocenters. The Kier molecular flexibility index (Phi) is 3.81. The van der Waals surface area contributed by atoms with E-state index in [1.54, 1.807) is 6.20 Å². The van der Waals surface area contributed by atoms with Gasteiger partial charge in [0.25, 0.3) is 0 Å². The molecule has 1 fully saturated rings. The largest absolute Gasteiger partial charge is 0.460 e. The van der Waals surface area contributed by atoms with Crippen molar-refractivity contribution in [3.8, 4) is 0 Å². The van der Waals surface area contributed by atoms with Gasteiger partial charge in [0.05, 0.1) is 5.92 Å². The SMILES string of the molecule is C[C@@H](C(=O)N(Cc1cccnc1)C1CC1)c1cc2ccccc2o1. The van der Waals surface area contributed by atoms with Crippen molar-refractivity contribution in [3.05, 3.63) is 66.2 Å². The number of benzene rings is 1. The highest BCUT2D eigenvalue weighted by atomic mass is 16.3. The Morgan fingerprint density at radius 1 is 1.29 bits per heavy atom. The topological polar surface area (TPSA) is 46.3 Å². The molecule has 2 aromatic heterocycles. The van der Waals surface area contributed by atoms with Crippen molar-refractivity contribution >= 4 is 16.9 Å². The predicted molar refractivity (Wildman–Crippen MR) is 92.4 cm³/mol. The number of fused-ring (bicyclic) bond motifs is 1. The molecule has 4 nitrogen and oxygen atoms in total. The third-order valence-electron chi connectivity index (χ3n) is 4.59. The van der Waals surface area contributed by atoms with E-state index in [0.29, 0.717) is 12.6 Å². The summed E-state index contributed by atoms with van der Waals surface area (Å²) in [6, 6.07) is 14.1. The minimum absolute atomic E-state index is 0.125. The quantitative estimate of drug-likeness (QED) is 0.710. The molecule has 2 heterocycles. The van der Waals surface area contributed by atoms with Gasteiger partial charge in [0.1, 0.15) is 11.3 Å². The molecule has 0 bridgehead atoms.